The Balaban J connectivity index is 1.24. The highest BCUT2D eigenvalue weighted by molar-refractivity contribution is 5.74. The van der Waals surface area contributed by atoms with E-state index in [-0.39, 0.29) is 11.8 Å². The van der Waals surface area contributed by atoms with Crippen LogP contribution in [0.15, 0.2) is 42.6 Å². The first-order valence-corrected chi connectivity index (χ1v) is 10.9. The number of aromatic nitrogens is 1. The second-order valence-corrected chi connectivity index (χ2v) is 8.32. The number of pyridine rings is 1. The van der Waals surface area contributed by atoms with Gasteiger partial charge in [-0.2, -0.15) is 0 Å². The largest absolute Gasteiger partial charge is 0.506 e. The van der Waals surface area contributed by atoms with E-state index in [0.717, 1.165) is 36.1 Å². The van der Waals surface area contributed by atoms with Crippen LogP contribution < -0.4 is 15.1 Å². The van der Waals surface area contributed by atoms with Crippen molar-refractivity contribution >= 4 is 17.5 Å². The molecule has 0 atom stereocenters. The van der Waals surface area contributed by atoms with E-state index in [1.807, 2.05) is 29.3 Å². The van der Waals surface area contributed by atoms with Crippen LogP contribution in [0.2, 0.25) is 0 Å². The van der Waals surface area contributed by atoms with E-state index in [0.29, 0.717) is 32.7 Å². The Morgan fingerprint density at radius 1 is 1.03 bits per heavy atom. The lowest BCUT2D eigenvalue weighted by molar-refractivity contribution is 0.194. The molecule has 0 aliphatic carbocycles. The molecule has 2 aromatic rings. The predicted molar refractivity (Wildman–Crippen MR) is 119 cm³/mol. The number of benzene rings is 1. The number of para-hydroxylation sites is 2. The second kappa shape index (κ2) is 9.24. The van der Waals surface area contributed by atoms with Crippen molar-refractivity contribution in [3.8, 4) is 5.75 Å². The summed E-state index contributed by atoms with van der Waals surface area (Å²) in [5.41, 5.74) is 1.83. The number of nitrogens with one attached hydrogen (secondary N) is 1. The zero-order chi connectivity index (χ0) is 20.9. The van der Waals surface area contributed by atoms with Crippen LogP contribution in [0.5, 0.6) is 5.75 Å². The summed E-state index contributed by atoms with van der Waals surface area (Å²) in [5.74, 6) is 2.11. The van der Waals surface area contributed by atoms with Crippen molar-refractivity contribution in [1.29, 1.82) is 0 Å². The molecule has 1 aromatic carbocycles. The van der Waals surface area contributed by atoms with Crippen LogP contribution in [-0.4, -0.2) is 60.3 Å². The molecule has 3 heterocycles. The molecule has 2 saturated heterocycles. The maximum absolute atomic E-state index is 12.5. The highest BCUT2D eigenvalue weighted by Crippen LogP contribution is 2.27. The fourth-order valence-electron chi connectivity index (χ4n) is 4.12. The Morgan fingerprint density at radius 2 is 1.77 bits per heavy atom. The van der Waals surface area contributed by atoms with Gasteiger partial charge in [0.15, 0.2) is 0 Å². The first kappa shape index (κ1) is 20.3. The summed E-state index contributed by atoms with van der Waals surface area (Å²) in [6.07, 6.45) is 4.30. The summed E-state index contributed by atoms with van der Waals surface area (Å²) >= 11 is 0. The third kappa shape index (κ3) is 4.78. The van der Waals surface area contributed by atoms with Gasteiger partial charge in [0.2, 0.25) is 0 Å². The predicted octanol–water partition coefficient (Wildman–Crippen LogP) is 3.06. The lowest BCUT2D eigenvalue weighted by Crippen LogP contribution is -2.51. The van der Waals surface area contributed by atoms with E-state index in [1.54, 1.807) is 6.07 Å². The Labute approximate surface area is 178 Å². The Morgan fingerprint density at radius 3 is 2.43 bits per heavy atom. The lowest BCUT2D eigenvalue weighted by Gasteiger charge is -2.36. The fraction of sp³-hybridized carbons (Fsp3) is 0.478. The number of carbonyl (C=O) groups excluding carboxylic acids is 1. The van der Waals surface area contributed by atoms with Crippen LogP contribution in [0.25, 0.3) is 0 Å². The molecule has 0 unspecified atom stereocenters. The van der Waals surface area contributed by atoms with Gasteiger partial charge >= 0.3 is 6.03 Å². The Kier molecular flexibility index (Phi) is 6.26. The van der Waals surface area contributed by atoms with Crippen molar-refractivity contribution in [1.82, 2.24) is 15.2 Å². The van der Waals surface area contributed by atoms with Crippen LogP contribution in [0, 0.1) is 5.92 Å². The van der Waals surface area contributed by atoms with E-state index >= 15 is 0 Å². The van der Waals surface area contributed by atoms with Crippen molar-refractivity contribution in [2.24, 2.45) is 5.92 Å². The molecule has 2 aliphatic heterocycles. The van der Waals surface area contributed by atoms with Crippen LogP contribution >= 0.6 is 0 Å². The second-order valence-electron chi connectivity index (χ2n) is 8.32. The number of hydrogen-bond acceptors (Lipinski definition) is 5. The number of phenolic OH excluding ortho intramolecular Hbond substituents is 1. The van der Waals surface area contributed by atoms with E-state index < -0.39 is 0 Å². The molecule has 0 radical (unpaired) electrons. The van der Waals surface area contributed by atoms with Gasteiger partial charge in [0.25, 0.3) is 0 Å². The summed E-state index contributed by atoms with van der Waals surface area (Å²) in [6, 6.07) is 11.4. The standard InChI is InChI=1S/C23H31N5O2/c1-18-8-10-27(11-9-18)22-7-6-19(16-24-22)17-25-23(30)28-14-12-26(13-15-28)20-4-2-3-5-21(20)29/h2-7,16,18,29H,8-15,17H2,1H3,(H,25,30). The van der Waals surface area contributed by atoms with E-state index in [9.17, 15) is 9.90 Å². The summed E-state index contributed by atoms with van der Waals surface area (Å²) in [5, 5.41) is 13.0. The average molecular weight is 410 g/mol. The zero-order valence-corrected chi connectivity index (χ0v) is 17.6. The molecule has 2 amide bonds. The van der Waals surface area contributed by atoms with Crippen LogP contribution in [-0.2, 0) is 6.54 Å². The average Bonchev–Trinajstić information content (AvgIpc) is 2.79. The zero-order valence-electron chi connectivity index (χ0n) is 17.6. The number of anilines is 2. The molecule has 2 aliphatic rings. The van der Waals surface area contributed by atoms with Gasteiger partial charge in [-0.05, 0) is 42.5 Å². The summed E-state index contributed by atoms with van der Waals surface area (Å²) in [4.78, 5) is 23.4. The quantitative estimate of drug-likeness (QED) is 0.812. The summed E-state index contributed by atoms with van der Waals surface area (Å²) < 4.78 is 0. The number of urea groups is 1. The normalized spacial score (nSPS) is 17.8. The molecule has 0 saturated carbocycles. The molecule has 2 N–H and O–H groups in total. The van der Waals surface area contributed by atoms with Crippen molar-refractivity contribution in [2.75, 3.05) is 49.1 Å². The van der Waals surface area contributed by atoms with Gasteiger partial charge in [0.05, 0.1) is 5.69 Å². The lowest BCUT2D eigenvalue weighted by atomic mass is 9.99. The number of piperazine rings is 1. The van der Waals surface area contributed by atoms with Gasteiger partial charge in [-0.1, -0.05) is 25.1 Å². The molecule has 30 heavy (non-hydrogen) atoms. The van der Waals surface area contributed by atoms with Crippen LogP contribution in [0.1, 0.15) is 25.3 Å². The number of piperidine rings is 1. The van der Waals surface area contributed by atoms with Crippen molar-refractivity contribution < 1.29 is 9.90 Å². The number of nitrogens with zero attached hydrogens (tertiary/aromatic N) is 4. The van der Waals surface area contributed by atoms with Crippen molar-refractivity contribution in [3.05, 3.63) is 48.2 Å². The van der Waals surface area contributed by atoms with Gasteiger partial charge in [-0.3, -0.25) is 0 Å². The smallest absolute Gasteiger partial charge is 0.317 e. The fourth-order valence-corrected chi connectivity index (χ4v) is 4.12. The van der Waals surface area contributed by atoms with Gasteiger partial charge in [-0.15, -0.1) is 0 Å². The number of aromatic hydroxyl groups is 1. The molecule has 0 spiro atoms. The molecule has 7 nitrogen and oxygen atoms in total. The van der Waals surface area contributed by atoms with Crippen LogP contribution in [0.3, 0.4) is 0 Å². The topological polar surface area (TPSA) is 71.9 Å². The molecule has 0 bridgehead atoms. The monoisotopic (exact) mass is 409 g/mol. The summed E-state index contributed by atoms with van der Waals surface area (Å²) in [7, 11) is 0. The van der Waals surface area contributed by atoms with Gasteiger partial charge in [-0.25, -0.2) is 9.78 Å². The molecule has 4 rings (SSSR count). The SMILES string of the molecule is CC1CCN(c2ccc(CNC(=O)N3CCN(c4ccccc4O)CC3)cn2)CC1. The first-order chi connectivity index (χ1) is 14.6. The maximum Gasteiger partial charge on any atom is 0.317 e. The Hall–Kier alpha value is -2.96. The minimum Gasteiger partial charge on any atom is -0.506 e. The first-order valence-electron chi connectivity index (χ1n) is 10.9. The molecule has 2 fully saturated rings. The number of hydrogen-bond donors (Lipinski definition) is 2. The van der Waals surface area contributed by atoms with Crippen LogP contribution in [0.4, 0.5) is 16.3 Å². The number of carbonyl (C=O) groups is 1. The minimum atomic E-state index is -0.0546. The van der Waals surface area contributed by atoms with Gasteiger partial charge in [0, 0.05) is 52.0 Å². The van der Waals surface area contributed by atoms with Gasteiger partial charge in [0.1, 0.15) is 11.6 Å². The Bertz CT molecular complexity index is 841. The molecule has 7 heteroatoms. The van der Waals surface area contributed by atoms with E-state index in [1.165, 1.54) is 12.8 Å². The number of amides is 2. The number of rotatable bonds is 4. The molecular weight excluding hydrogens is 378 g/mol. The van der Waals surface area contributed by atoms with E-state index in [4.69, 9.17) is 0 Å². The van der Waals surface area contributed by atoms with E-state index in [2.05, 4.69) is 39.2 Å². The molecular formula is C23H31N5O2. The highest BCUT2D eigenvalue weighted by Gasteiger charge is 2.22. The number of phenols is 1. The third-order valence-electron chi connectivity index (χ3n) is 6.15. The maximum atomic E-state index is 12.5. The van der Waals surface area contributed by atoms with Crippen molar-refractivity contribution in [3.63, 3.8) is 0 Å². The van der Waals surface area contributed by atoms with Gasteiger partial charge < -0.3 is 25.1 Å². The highest BCUT2D eigenvalue weighted by atomic mass is 16.3. The third-order valence-corrected chi connectivity index (χ3v) is 6.15. The molecule has 1 aromatic heterocycles. The minimum absolute atomic E-state index is 0.0546. The van der Waals surface area contributed by atoms with Crippen molar-refractivity contribution in [2.45, 2.75) is 26.3 Å². The summed E-state index contributed by atoms with van der Waals surface area (Å²) in [6.45, 7) is 7.58. The molecule has 160 valence electrons.